The van der Waals surface area contributed by atoms with Gasteiger partial charge in [0.15, 0.2) is 0 Å². The van der Waals surface area contributed by atoms with E-state index < -0.39 is 15.8 Å². The van der Waals surface area contributed by atoms with Crippen molar-refractivity contribution in [2.45, 2.75) is 31.2 Å². The Morgan fingerprint density at radius 3 is 2.46 bits per heavy atom. The first kappa shape index (κ1) is 17.9. The average molecular weight is 350 g/mol. The maximum absolute atomic E-state index is 12.9. The Kier molecular flexibility index (Phi) is 5.56. The van der Waals surface area contributed by atoms with Gasteiger partial charge in [0.1, 0.15) is 5.82 Å². The van der Waals surface area contributed by atoms with Gasteiger partial charge in [-0.3, -0.25) is 9.52 Å². The van der Waals surface area contributed by atoms with Crippen LogP contribution >= 0.6 is 0 Å². The number of carbonyl (C=O) groups excluding carboxylic acids is 1. The Morgan fingerprint density at radius 2 is 1.83 bits per heavy atom. The van der Waals surface area contributed by atoms with Crippen molar-refractivity contribution in [3.8, 4) is 0 Å². The molecule has 0 aromatic heterocycles. The molecule has 1 amide bonds. The summed E-state index contributed by atoms with van der Waals surface area (Å²) >= 11 is 0. The predicted molar refractivity (Wildman–Crippen MR) is 90.9 cm³/mol. The molecule has 24 heavy (non-hydrogen) atoms. The van der Waals surface area contributed by atoms with Crippen LogP contribution in [0.1, 0.15) is 30.6 Å². The Bertz CT molecular complexity index is 820. The molecule has 5 nitrogen and oxygen atoms in total. The first-order valence-electron chi connectivity index (χ1n) is 7.51. The van der Waals surface area contributed by atoms with Crippen LogP contribution in [0.4, 0.5) is 10.1 Å². The lowest BCUT2D eigenvalue weighted by Crippen LogP contribution is -2.32. The van der Waals surface area contributed by atoms with Gasteiger partial charge in [-0.15, -0.1) is 0 Å². The number of nitrogens with one attached hydrogen (secondary N) is 2. The highest BCUT2D eigenvalue weighted by atomic mass is 32.2. The molecule has 0 radical (unpaired) electrons. The quantitative estimate of drug-likeness (QED) is 0.840. The second-order valence-corrected chi connectivity index (χ2v) is 7.11. The maximum Gasteiger partial charge on any atom is 0.261 e. The minimum Gasteiger partial charge on any atom is -0.350 e. The monoisotopic (exact) mass is 350 g/mol. The number of benzene rings is 2. The molecule has 0 bridgehead atoms. The van der Waals surface area contributed by atoms with Gasteiger partial charge in [-0.2, -0.15) is 0 Å². The summed E-state index contributed by atoms with van der Waals surface area (Å²) in [6.45, 7) is 3.81. The number of halogens is 1. The summed E-state index contributed by atoms with van der Waals surface area (Å²) in [7, 11) is -3.87. The van der Waals surface area contributed by atoms with Crippen LogP contribution in [0.5, 0.6) is 0 Å². The number of rotatable bonds is 6. The van der Waals surface area contributed by atoms with Gasteiger partial charge in [0.2, 0.25) is 0 Å². The molecule has 2 N–H and O–H groups in total. The van der Waals surface area contributed by atoms with Crippen LogP contribution in [0.2, 0.25) is 0 Å². The lowest BCUT2D eigenvalue weighted by molar-refractivity contribution is 0.0939. The topological polar surface area (TPSA) is 75.3 Å². The molecule has 2 aromatic rings. The van der Waals surface area contributed by atoms with Crippen LogP contribution in [0.15, 0.2) is 53.4 Å². The van der Waals surface area contributed by atoms with Gasteiger partial charge in [-0.1, -0.05) is 13.0 Å². The van der Waals surface area contributed by atoms with Gasteiger partial charge in [-0.25, -0.2) is 12.8 Å². The molecule has 0 saturated heterocycles. The van der Waals surface area contributed by atoms with Crippen molar-refractivity contribution in [1.82, 2.24) is 5.32 Å². The number of hydrogen-bond acceptors (Lipinski definition) is 3. The summed E-state index contributed by atoms with van der Waals surface area (Å²) in [4.78, 5) is 12.1. The normalized spacial score (nSPS) is 12.5. The smallest absolute Gasteiger partial charge is 0.261 e. The largest absolute Gasteiger partial charge is 0.350 e. The van der Waals surface area contributed by atoms with E-state index in [0.29, 0.717) is 0 Å². The fourth-order valence-corrected chi connectivity index (χ4v) is 3.05. The summed E-state index contributed by atoms with van der Waals surface area (Å²) in [5, 5.41) is 2.78. The zero-order valence-corrected chi connectivity index (χ0v) is 14.2. The minimum absolute atomic E-state index is 0.00453. The van der Waals surface area contributed by atoms with Gasteiger partial charge in [-0.05, 0) is 55.8 Å². The van der Waals surface area contributed by atoms with E-state index in [9.17, 15) is 17.6 Å². The Balaban J connectivity index is 2.23. The molecule has 7 heteroatoms. The van der Waals surface area contributed by atoms with E-state index in [1.54, 1.807) is 6.07 Å². The van der Waals surface area contributed by atoms with Crippen molar-refractivity contribution in [2.75, 3.05) is 4.72 Å². The Morgan fingerprint density at radius 1 is 1.17 bits per heavy atom. The molecule has 0 saturated carbocycles. The number of sulfonamides is 1. The van der Waals surface area contributed by atoms with Gasteiger partial charge < -0.3 is 5.32 Å². The summed E-state index contributed by atoms with van der Waals surface area (Å²) in [5.41, 5.74) is 0.503. The van der Waals surface area contributed by atoms with Crippen molar-refractivity contribution in [3.05, 3.63) is 59.9 Å². The first-order valence-corrected chi connectivity index (χ1v) is 8.99. The molecular formula is C17H19FN2O3S. The van der Waals surface area contributed by atoms with Gasteiger partial charge in [0.25, 0.3) is 15.9 Å². The third kappa shape index (κ3) is 4.55. The molecule has 1 atom stereocenters. The fourth-order valence-electron chi connectivity index (χ4n) is 1.95. The zero-order chi connectivity index (χ0) is 17.7. The molecule has 0 aliphatic carbocycles. The Hall–Kier alpha value is -2.41. The first-order chi connectivity index (χ1) is 11.3. The molecule has 2 aromatic carbocycles. The molecule has 0 heterocycles. The number of anilines is 1. The van der Waals surface area contributed by atoms with Crippen molar-refractivity contribution in [2.24, 2.45) is 0 Å². The van der Waals surface area contributed by atoms with Crippen LogP contribution in [-0.2, 0) is 10.0 Å². The molecule has 0 unspecified atom stereocenters. The van der Waals surface area contributed by atoms with Crippen LogP contribution in [0.3, 0.4) is 0 Å². The molecule has 0 spiro atoms. The van der Waals surface area contributed by atoms with Crippen molar-refractivity contribution in [3.63, 3.8) is 0 Å². The highest BCUT2D eigenvalue weighted by Crippen LogP contribution is 2.17. The predicted octanol–water partition coefficient (Wildman–Crippen LogP) is 3.15. The van der Waals surface area contributed by atoms with E-state index >= 15 is 0 Å². The highest BCUT2D eigenvalue weighted by Gasteiger charge is 2.17. The molecular weight excluding hydrogens is 331 g/mol. The summed E-state index contributed by atoms with van der Waals surface area (Å²) in [5.74, 6) is -0.787. The SMILES string of the molecule is CC[C@H](C)NC(=O)c1cccc(S(=O)(=O)Nc2ccc(F)cc2)c1. The van der Waals surface area contributed by atoms with Gasteiger partial charge in [0.05, 0.1) is 4.90 Å². The number of hydrogen-bond donors (Lipinski definition) is 2. The number of amides is 1. The second kappa shape index (κ2) is 7.44. The van der Waals surface area contributed by atoms with Crippen molar-refractivity contribution in [1.29, 1.82) is 0 Å². The summed E-state index contributed by atoms with van der Waals surface area (Å²) in [6.07, 6.45) is 0.774. The maximum atomic E-state index is 12.9. The summed E-state index contributed by atoms with van der Waals surface area (Å²) in [6, 6.07) is 10.7. The van der Waals surface area contributed by atoms with E-state index in [2.05, 4.69) is 10.0 Å². The van der Waals surface area contributed by atoms with Crippen LogP contribution < -0.4 is 10.0 Å². The average Bonchev–Trinajstić information content (AvgIpc) is 2.56. The van der Waals surface area contributed by atoms with E-state index in [4.69, 9.17) is 0 Å². The molecule has 0 aliphatic rings. The van der Waals surface area contributed by atoms with Crippen molar-refractivity contribution >= 4 is 21.6 Å². The molecule has 0 fully saturated rings. The molecule has 2 rings (SSSR count). The van der Waals surface area contributed by atoms with Crippen LogP contribution in [0, 0.1) is 5.82 Å². The van der Waals surface area contributed by atoms with E-state index in [1.165, 1.54) is 30.3 Å². The van der Waals surface area contributed by atoms with E-state index in [1.807, 2.05) is 13.8 Å². The minimum atomic E-state index is -3.87. The lowest BCUT2D eigenvalue weighted by Gasteiger charge is -2.12. The van der Waals surface area contributed by atoms with Crippen LogP contribution in [-0.4, -0.2) is 20.4 Å². The highest BCUT2D eigenvalue weighted by molar-refractivity contribution is 7.92. The van der Waals surface area contributed by atoms with Gasteiger partial charge in [0, 0.05) is 17.3 Å². The summed E-state index contributed by atoms with van der Waals surface area (Å²) < 4.78 is 40.1. The van der Waals surface area contributed by atoms with E-state index in [0.717, 1.165) is 18.6 Å². The standard InChI is InChI=1S/C17H19FN2O3S/c1-3-12(2)19-17(21)13-5-4-6-16(11-13)24(22,23)20-15-9-7-14(18)8-10-15/h4-12,20H,3H2,1-2H3,(H,19,21)/t12-/m0/s1. The molecule has 128 valence electrons. The van der Waals surface area contributed by atoms with Crippen molar-refractivity contribution < 1.29 is 17.6 Å². The third-order valence-electron chi connectivity index (χ3n) is 3.49. The molecule has 0 aliphatic heterocycles. The van der Waals surface area contributed by atoms with E-state index in [-0.39, 0.29) is 28.1 Å². The van der Waals surface area contributed by atoms with Crippen LogP contribution in [0.25, 0.3) is 0 Å². The lowest BCUT2D eigenvalue weighted by atomic mass is 10.2. The second-order valence-electron chi connectivity index (χ2n) is 5.42. The fraction of sp³-hybridized carbons (Fsp3) is 0.235. The third-order valence-corrected chi connectivity index (χ3v) is 4.87. The number of carbonyl (C=O) groups is 1. The zero-order valence-electron chi connectivity index (χ0n) is 13.4. The Labute approximate surface area is 141 Å². The van der Waals surface area contributed by atoms with Gasteiger partial charge >= 0.3 is 0 Å².